The Morgan fingerprint density at radius 2 is 1.63 bits per heavy atom. The summed E-state index contributed by atoms with van der Waals surface area (Å²) in [6.45, 7) is 0.349. The Kier molecular flexibility index (Phi) is 4.68. The van der Waals surface area contributed by atoms with E-state index in [2.05, 4.69) is 5.32 Å². The molecule has 0 aliphatic carbocycles. The van der Waals surface area contributed by atoms with Crippen LogP contribution in [-0.2, 0) is 14.8 Å². The molecule has 1 heterocycles. The molecule has 0 aromatic heterocycles. The molecule has 0 saturated carbocycles. The molecule has 0 bridgehead atoms. The SMILES string of the molecule is O=C(Nc1ccccc1)C1CCCN1S(=O)(=O)c1ccc2ccccc2c1. The normalized spacial score (nSPS) is 17.9. The van der Waals surface area contributed by atoms with Crippen LogP contribution in [0.15, 0.2) is 77.7 Å². The van der Waals surface area contributed by atoms with Gasteiger partial charge in [0.2, 0.25) is 15.9 Å². The van der Waals surface area contributed by atoms with Crippen molar-refractivity contribution in [2.75, 3.05) is 11.9 Å². The van der Waals surface area contributed by atoms with E-state index < -0.39 is 16.1 Å². The number of benzene rings is 3. The molecule has 5 nitrogen and oxygen atoms in total. The minimum absolute atomic E-state index is 0.223. The number of carbonyl (C=O) groups is 1. The second kappa shape index (κ2) is 7.13. The summed E-state index contributed by atoms with van der Waals surface area (Å²) in [5, 5.41) is 4.67. The van der Waals surface area contributed by atoms with Crippen molar-refractivity contribution in [3.8, 4) is 0 Å². The van der Waals surface area contributed by atoms with Crippen LogP contribution in [0.3, 0.4) is 0 Å². The molecule has 0 spiro atoms. The Morgan fingerprint density at radius 1 is 0.926 bits per heavy atom. The highest BCUT2D eigenvalue weighted by Gasteiger charge is 2.39. The van der Waals surface area contributed by atoms with E-state index in [0.29, 0.717) is 25.1 Å². The number of nitrogens with zero attached hydrogens (tertiary/aromatic N) is 1. The largest absolute Gasteiger partial charge is 0.325 e. The Hall–Kier alpha value is -2.70. The lowest BCUT2D eigenvalue weighted by atomic mass is 10.1. The molecule has 1 saturated heterocycles. The zero-order valence-electron chi connectivity index (χ0n) is 14.7. The maximum atomic E-state index is 13.2. The molecule has 27 heavy (non-hydrogen) atoms. The van der Waals surface area contributed by atoms with Crippen LogP contribution in [0.5, 0.6) is 0 Å². The number of carbonyl (C=O) groups excluding carboxylic acids is 1. The highest BCUT2D eigenvalue weighted by molar-refractivity contribution is 7.89. The Labute approximate surface area is 158 Å². The van der Waals surface area contributed by atoms with Crippen LogP contribution < -0.4 is 5.32 Å². The van der Waals surface area contributed by atoms with Gasteiger partial charge in [0.1, 0.15) is 6.04 Å². The van der Waals surface area contributed by atoms with Crippen molar-refractivity contribution in [1.82, 2.24) is 4.31 Å². The molecule has 1 aliphatic heterocycles. The first-order valence-electron chi connectivity index (χ1n) is 8.92. The number of rotatable bonds is 4. The van der Waals surface area contributed by atoms with Crippen molar-refractivity contribution in [1.29, 1.82) is 0 Å². The third-order valence-electron chi connectivity index (χ3n) is 4.88. The van der Waals surface area contributed by atoms with E-state index in [1.807, 2.05) is 42.5 Å². The van der Waals surface area contributed by atoms with Crippen LogP contribution in [0, 0.1) is 0 Å². The quantitative estimate of drug-likeness (QED) is 0.752. The lowest BCUT2D eigenvalue weighted by Gasteiger charge is -2.23. The number of fused-ring (bicyclic) bond motifs is 1. The van der Waals surface area contributed by atoms with Crippen LogP contribution in [0.2, 0.25) is 0 Å². The standard InChI is InChI=1S/C21H20N2O3S/c24-21(22-18-9-2-1-3-10-18)20-11-6-14-23(20)27(25,26)19-13-12-16-7-4-5-8-17(16)15-19/h1-5,7-10,12-13,15,20H,6,11,14H2,(H,22,24). The first-order valence-corrected chi connectivity index (χ1v) is 10.4. The number of sulfonamides is 1. The molecule has 1 atom stereocenters. The summed E-state index contributed by atoms with van der Waals surface area (Å²) < 4.78 is 27.7. The van der Waals surface area contributed by atoms with E-state index in [1.165, 1.54) is 4.31 Å². The highest BCUT2D eigenvalue weighted by Crippen LogP contribution is 2.28. The first-order chi connectivity index (χ1) is 13.1. The fourth-order valence-electron chi connectivity index (χ4n) is 3.50. The fourth-order valence-corrected chi connectivity index (χ4v) is 5.19. The predicted octanol–water partition coefficient (Wildman–Crippen LogP) is 3.63. The van der Waals surface area contributed by atoms with E-state index in [-0.39, 0.29) is 10.8 Å². The summed E-state index contributed by atoms with van der Waals surface area (Å²) in [7, 11) is -3.74. The van der Waals surface area contributed by atoms with Crippen LogP contribution >= 0.6 is 0 Å². The molecule has 1 aliphatic rings. The zero-order chi connectivity index (χ0) is 18.9. The average molecular weight is 380 g/mol. The third kappa shape index (κ3) is 3.46. The van der Waals surface area contributed by atoms with Gasteiger partial charge in [0.05, 0.1) is 4.90 Å². The Morgan fingerprint density at radius 3 is 2.41 bits per heavy atom. The second-order valence-electron chi connectivity index (χ2n) is 6.64. The van der Waals surface area contributed by atoms with E-state index in [1.54, 1.807) is 30.3 Å². The van der Waals surface area contributed by atoms with Crippen LogP contribution in [0.25, 0.3) is 10.8 Å². The van der Waals surface area contributed by atoms with Gasteiger partial charge in [0.15, 0.2) is 0 Å². The number of nitrogens with one attached hydrogen (secondary N) is 1. The first kappa shape index (κ1) is 17.7. The van der Waals surface area contributed by atoms with Crippen molar-refractivity contribution in [3.63, 3.8) is 0 Å². The van der Waals surface area contributed by atoms with Crippen LogP contribution in [0.4, 0.5) is 5.69 Å². The lowest BCUT2D eigenvalue weighted by molar-refractivity contribution is -0.119. The number of para-hydroxylation sites is 1. The van der Waals surface area contributed by atoms with Crippen molar-refractivity contribution in [2.24, 2.45) is 0 Å². The molecular weight excluding hydrogens is 360 g/mol. The Balaban J connectivity index is 1.62. The molecule has 0 radical (unpaired) electrons. The fraction of sp³-hybridized carbons (Fsp3) is 0.190. The molecule has 4 rings (SSSR count). The number of hydrogen-bond donors (Lipinski definition) is 1. The predicted molar refractivity (Wildman–Crippen MR) is 106 cm³/mol. The monoisotopic (exact) mass is 380 g/mol. The molecule has 6 heteroatoms. The minimum Gasteiger partial charge on any atom is -0.325 e. The summed E-state index contributed by atoms with van der Waals surface area (Å²) in [5.41, 5.74) is 0.664. The third-order valence-corrected chi connectivity index (χ3v) is 6.78. The lowest BCUT2D eigenvalue weighted by Crippen LogP contribution is -2.43. The highest BCUT2D eigenvalue weighted by atomic mass is 32.2. The second-order valence-corrected chi connectivity index (χ2v) is 8.53. The van der Waals surface area contributed by atoms with Gasteiger partial charge in [-0.05, 0) is 47.9 Å². The van der Waals surface area contributed by atoms with Crippen LogP contribution in [0.1, 0.15) is 12.8 Å². The molecular formula is C21H20N2O3S. The topological polar surface area (TPSA) is 66.5 Å². The molecule has 3 aromatic rings. The van der Waals surface area contributed by atoms with Crippen molar-refractivity contribution < 1.29 is 13.2 Å². The number of anilines is 1. The maximum absolute atomic E-state index is 13.2. The van der Waals surface area contributed by atoms with Gasteiger partial charge >= 0.3 is 0 Å². The summed E-state index contributed by atoms with van der Waals surface area (Å²) in [5.74, 6) is -0.289. The van der Waals surface area contributed by atoms with E-state index in [4.69, 9.17) is 0 Å². The number of amides is 1. The van der Waals surface area contributed by atoms with Gasteiger partial charge in [0.25, 0.3) is 0 Å². The zero-order valence-corrected chi connectivity index (χ0v) is 15.5. The Bertz CT molecular complexity index is 1080. The van der Waals surface area contributed by atoms with Gasteiger partial charge in [0, 0.05) is 12.2 Å². The van der Waals surface area contributed by atoms with Gasteiger partial charge in [-0.2, -0.15) is 4.31 Å². The minimum atomic E-state index is -3.74. The maximum Gasteiger partial charge on any atom is 0.243 e. The summed E-state index contributed by atoms with van der Waals surface area (Å²) >= 11 is 0. The molecule has 1 unspecified atom stereocenters. The van der Waals surface area contributed by atoms with Gasteiger partial charge in [-0.1, -0.05) is 48.5 Å². The van der Waals surface area contributed by atoms with Gasteiger partial charge < -0.3 is 5.32 Å². The van der Waals surface area contributed by atoms with E-state index in [0.717, 1.165) is 10.8 Å². The van der Waals surface area contributed by atoms with Crippen molar-refractivity contribution >= 4 is 32.4 Å². The summed E-state index contributed by atoms with van der Waals surface area (Å²) in [6.07, 6.45) is 1.19. The molecule has 1 amide bonds. The number of hydrogen-bond acceptors (Lipinski definition) is 3. The van der Waals surface area contributed by atoms with Crippen molar-refractivity contribution in [2.45, 2.75) is 23.8 Å². The summed E-state index contributed by atoms with van der Waals surface area (Å²) in [6, 6.07) is 21.1. The molecule has 138 valence electrons. The van der Waals surface area contributed by atoms with Gasteiger partial charge in [-0.25, -0.2) is 8.42 Å². The average Bonchev–Trinajstić information content (AvgIpc) is 3.19. The molecule has 1 N–H and O–H groups in total. The van der Waals surface area contributed by atoms with Gasteiger partial charge in [-0.3, -0.25) is 4.79 Å². The van der Waals surface area contributed by atoms with E-state index >= 15 is 0 Å². The molecule has 1 fully saturated rings. The van der Waals surface area contributed by atoms with E-state index in [9.17, 15) is 13.2 Å². The smallest absolute Gasteiger partial charge is 0.243 e. The van der Waals surface area contributed by atoms with Crippen LogP contribution in [-0.4, -0.2) is 31.2 Å². The van der Waals surface area contributed by atoms with Gasteiger partial charge in [-0.15, -0.1) is 0 Å². The summed E-state index contributed by atoms with van der Waals surface area (Å²) in [4.78, 5) is 12.9. The van der Waals surface area contributed by atoms with Crippen molar-refractivity contribution in [3.05, 3.63) is 72.8 Å². The molecule has 3 aromatic carbocycles.